The summed E-state index contributed by atoms with van der Waals surface area (Å²) < 4.78 is 5.21. The summed E-state index contributed by atoms with van der Waals surface area (Å²) in [6.07, 6.45) is 6.27. The first-order chi connectivity index (χ1) is 19.0. The molecule has 39 heavy (non-hydrogen) atoms. The van der Waals surface area contributed by atoms with Crippen molar-refractivity contribution in [3.8, 4) is 15.6 Å². The molecule has 6 rings (SSSR count). The second-order valence-electron chi connectivity index (χ2n) is 10.5. The van der Waals surface area contributed by atoms with Crippen molar-refractivity contribution >= 4 is 34.8 Å². The van der Waals surface area contributed by atoms with E-state index in [1.165, 1.54) is 11.3 Å². The molecule has 0 radical (unpaired) electrons. The molecule has 2 aliphatic carbocycles. The van der Waals surface area contributed by atoms with Crippen LogP contribution < -0.4 is 9.64 Å². The number of carboxylic acid groups (broad SMARTS) is 1. The van der Waals surface area contributed by atoms with Gasteiger partial charge in [-0.05, 0) is 55.0 Å². The average Bonchev–Trinajstić information content (AvgIpc) is 3.45. The number of aromatic nitrogens is 1. The van der Waals surface area contributed by atoms with Crippen molar-refractivity contribution in [2.45, 2.75) is 63.1 Å². The van der Waals surface area contributed by atoms with Crippen molar-refractivity contribution in [1.29, 1.82) is 0 Å². The summed E-state index contributed by atoms with van der Waals surface area (Å²) in [5, 5.41) is 9.79. The van der Waals surface area contributed by atoms with E-state index in [2.05, 4.69) is 4.98 Å². The number of ether oxygens (including phenoxy) is 1. The van der Waals surface area contributed by atoms with Crippen LogP contribution in [0.15, 0.2) is 54.7 Å². The third-order valence-electron chi connectivity index (χ3n) is 8.16. The second-order valence-corrected chi connectivity index (χ2v) is 11.5. The Balaban J connectivity index is 1.34. The van der Waals surface area contributed by atoms with Crippen LogP contribution >= 0.6 is 11.3 Å². The molecule has 1 aliphatic heterocycles. The number of amides is 2. The molecular formula is C30H31N3O5S. The third-order valence-corrected chi connectivity index (χ3v) is 9.17. The molecule has 3 aromatic rings. The summed E-state index contributed by atoms with van der Waals surface area (Å²) in [4.78, 5) is 47.9. The fourth-order valence-electron chi connectivity index (χ4n) is 6.32. The van der Waals surface area contributed by atoms with Crippen molar-refractivity contribution in [2.24, 2.45) is 5.92 Å². The Morgan fingerprint density at radius 2 is 1.82 bits per heavy atom. The first-order valence-corrected chi connectivity index (χ1v) is 14.3. The van der Waals surface area contributed by atoms with E-state index in [4.69, 9.17) is 4.74 Å². The molecule has 1 aromatic heterocycles. The molecule has 0 unspecified atom stereocenters. The zero-order chi connectivity index (χ0) is 27.1. The highest BCUT2D eigenvalue weighted by Gasteiger charge is 2.51. The van der Waals surface area contributed by atoms with E-state index >= 15 is 0 Å². The van der Waals surface area contributed by atoms with Crippen LogP contribution in [0.4, 0.5) is 5.69 Å². The van der Waals surface area contributed by atoms with Crippen LogP contribution in [0.3, 0.4) is 0 Å². The number of anilines is 1. The van der Waals surface area contributed by atoms with Crippen LogP contribution in [-0.2, 0) is 9.59 Å². The number of hydrogen-bond acceptors (Lipinski definition) is 6. The lowest BCUT2D eigenvalue weighted by molar-refractivity contribution is -0.142. The van der Waals surface area contributed by atoms with Crippen molar-refractivity contribution < 1.29 is 24.2 Å². The lowest BCUT2D eigenvalue weighted by atomic mass is 9.81. The van der Waals surface area contributed by atoms with Crippen LogP contribution in [0.5, 0.6) is 5.19 Å². The lowest BCUT2D eigenvalue weighted by Gasteiger charge is -2.48. The van der Waals surface area contributed by atoms with E-state index in [0.717, 1.165) is 53.8 Å². The minimum atomic E-state index is -0.959. The Labute approximate surface area is 231 Å². The number of benzene rings is 2. The minimum absolute atomic E-state index is 0.00250. The molecule has 9 heteroatoms. The first kappa shape index (κ1) is 25.6. The van der Waals surface area contributed by atoms with Gasteiger partial charge in [0.15, 0.2) is 0 Å². The number of fused-ring (bicyclic) bond motifs is 2. The normalized spacial score (nSPS) is 21.7. The van der Waals surface area contributed by atoms with Crippen molar-refractivity contribution in [1.82, 2.24) is 9.88 Å². The molecule has 0 bridgehead atoms. The van der Waals surface area contributed by atoms with Gasteiger partial charge in [-0.2, -0.15) is 0 Å². The molecule has 3 atom stereocenters. The number of carbonyl (C=O) groups is 3. The Hall–Kier alpha value is -3.72. The first-order valence-electron chi connectivity index (χ1n) is 13.5. The summed E-state index contributed by atoms with van der Waals surface area (Å²) in [5.41, 5.74) is 3.43. The molecule has 0 saturated heterocycles. The number of hydrogen-bond donors (Lipinski definition) is 1. The predicted octanol–water partition coefficient (Wildman–Crippen LogP) is 5.54. The molecule has 8 nitrogen and oxygen atoms in total. The van der Waals surface area contributed by atoms with Crippen LogP contribution in [0.2, 0.25) is 0 Å². The van der Waals surface area contributed by atoms with Crippen molar-refractivity contribution in [2.75, 3.05) is 12.0 Å². The standard InChI is InChI=1S/C30H31N3O5S/c1-38-30-31-17-25(39-30)18-9-11-19(12-10-18)29(37)33-23-7-3-2-5-21(23)28(22-6-4-8-24(22)33)32(20-13-14-20)26(34)15-16-27(35)36/h2-3,5,7,9-12,17,20,22,24,28H,4,6,8,13-16H2,1H3,(H,35,36)/t22-,24+,28-/m0/s1. The van der Waals surface area contributed by atoms with Crippen LogP contribution in [0, 0.1) is 5.92 Å². The number of rotatable bonds is 8. The molecule has 0 spiro atoms. The smallest absolute Gasteiger partial charge is 0.303 e. The molecule has 2 saturated carbocycles. The maximum atomic E-state index is 14.1. The van der Waals surface area contributed by atoms with E-state index in [1.54, 1.807) is 13.3 Å². The topological polar surface area (TPSA) is 100 Å². The monoisotopic (exact) mass is 545 g/mol. The van der Waals surface area contributed by atoms with E-state index in [0.29, 0.717) is 10.8 Å². The van der Waals surface area contributed by atoms with E-state index in [9.17, 15) is 19.5 Å². The Bertz CT molecular complexity index is 1400. The highest BCUT2D eigenvalue weighted by atomic mass is 32.1. The predicted molar refractivity (Wildman–Crippen MR) is 148 cm³/mol. The average molecular weight is 546 g/mol. The van der Waals surface area contributed by atoms with E-state index in [-0.39, 0.29) is 48.7 Å². The van der Waals surface area contributed by atoms with E-state index < -0.39 is 5.97 Å². The molecule has 2 fully saturated rings. The summed E-state index contributed by atoms with van der Waals surface area (Å²) in [5.74, 6) is -0.983. The molecule has 202 valence electrons. The Morgan fingerprint density at radius 1 is 1.05 bits per heavy atom. The quantitative estimate of drug-likeness (QED) is 0.399. The van der Waals surface area contributed by atoms with Gasteiger partial charge < -0.3 is 19.6 Å². The zero-order valence-corrected chi connectivity index (χ0v) is 22.6. The number of carboxylic acids is 1. The van der Waals surface area contributed by atoms with Gasteiger partial charge in [-0.1, -0.05) is 48.1 Å². The molecule has 3 aliphatic rings. The van der Waals surface area contributed by atoms with Gasteiger partial charge in [0.1, 0.15) is 0 Å². The van der Waals surface area contributed by atoms with Gasteiger partial charge in [0, 0.05) is 41.9 Å². The molecule has 1 N–H and O–H groups in total. The fraction of sp³-hybridized carbons (Fsp3) is 0.400. The van der Waals surface area contributed by atoms with Gasteiger partial charge in [-0.25, -0.2) is 4.98 Å². The minimum Gasteiger partial charge on any atom is -0.481 e. The van der Waals surface area contributed by atoms with Gasteiger partial charge in [0.2, 0.25) is 5.91 Å². The maximum Gasteiger partial charge on any atom is 0.303 e. The summed E-state index contributed by atoms with van der Waals surface area (Å²) >= 11 is 1.46. The molecule has 2 heterocycles. The largest absolute Gasteiger partial charge is 0.481 e. The highest BCUT2D eigenvalue weighted by molar-refractivity contribution is 7.16. The third kappa shape index (κ3) is 4.80. The fourth-order valence-corrected chi connectivity index (χ4v) is 7.06. The summed E-state index contributed by atoms with van der Waals surface area (Å²) in [6, 6.07) is 15.5. The maximum absolute atomic E-state index is 14.1. The van der Waals surface area contributed by atoms with Crippen LogP contribution in [0.1, 0.15) is 66.9 Å². The lowest BCUT2D eigenvalue weighted by Crippen LogP contribution is -2.52. The summed E-state index contributed by atoms with van der Waals surface area (Å²) in [7, 11) is 1.59. The zero-order valence-electron chi connectivity index (χ0n) is 21.8. The summed E-state index contributed by atoms with van der Waals surface area (Å²) in [6.45, 7) is 0. The van der Waals surface area contributed by atoms with Gasteiger partial charge in [-0.3, -0.25) is 14.4 Å². The van der Waals surface area contributed by atoms with Gasteiger partial charge in [0.05, 0.1) is 24.4 Å². The van der Waals surface area contributed by atoms with Gasteiger partial charge in [0.25, 0.3) is 11.1 Å². The highest BCUT2D eigenvalue weighted by Crippen LogP contribution is 2.53. The number of nitrogens with zero attached hydrogens (tertiary/aromatic N) is 3. The van der Waals surface area contributed by atoms with Crippen molar-refractivity contribution in [3.63, 3.8) is 0 Å². The number of thiazole rings is 1. The molecule has 2 aromatic carbocycles. The molecular weight excluding hydrogens is 514 g/mol. The number of methoxy groups -OCH3 is 1. The SMILES string of the molecule is COc1ncc(-c2ccc(C(=O)N3c4ccccc4[C@H](N(C(=O)CCC(=O)O)C4CC4)[C@H]4CCC[C@H]43)cc2)s1. The number of para-hydroxylation sites is 1. The van der Waals surface area contributed by atoms with Crippen molar-refractivity contribution in [3.05, 3.63) is 65.9 Å². The molecule has 2 amide bonds. The van der Waals surface area contributed by atoms with Gasteiger partial charge in [-0.15, -0.1) is 0 Å². The number of carbonyl (C=O) groups excluding carboxylic acids is 2. The van der Waals surface area contributed by atoms with Gasteiger partial charge >= 0.3 is 5.97 Å². The Morgan fingerprint density at radius 3 is 2.51 bits per heavy atom. The van der Waals surface area contributed by atoms with Crippen LogP contribution in [0.25, 0.3) is 10.4 Å². The van der Waals surface area contributed by atoms with E-state index in [1.807, 2.05) is 58.3 Å². The number of aliphatic carboxylic acids is 1. The second kappa shape index (κ2) is 10.4. The Kier molecular flexibility index (Phi) is 6.85. The van der Waals surface area contributed by atoms with Crippen LogP contribution in [-0.4, -0.2) is 52.0 Å².